The zero-order valence-corrected chi connectivity index (χ0v) is 18.9. The Hall–Kier alpha value is -2.72. The van der Waals surface area contributed by atoms with Gasteiger partial charge in [0.2, 0.25) is 5.88 Å². The summed E-state index contributed by atoms with van der Waals surface area (Å²) in [6, 6.07) is 7.90. The standard InChI is InChI=1S/C20H15Cl2FN3O6P/c21-12-3-1-10(2-4-12)16(9-32-33(29,30)31)26-19(27)15(25-20(26)28)7-11-8-24-18-13(11)5-6-14(22)17(18)23/h1-8,16,27H,9H2,(H,25,28)(H2,29,30,31). The third-order valence-electron chi connectivity index (χ3n) is 4.91. The molecule has 1 aliphatic heterocycles. The number of aromatic hydroxyl groups is 1. The van der Waals surface area contributed by atoms with Crippen LogP contribution in [0.3, 0.4) is 0 Å². The van der Waals surface area contributed by atoms with Crippen molar-refractivity contribution < 1.29 is 28.4 Å². The van der Waals surface area contributed by atoms with Crippen molar-refractivity contribution in [3.8, 4) is 5.88 Å². The molecule has 0 fully saturated rings. The molecule has 1 aromatic heterocycles. The number of rotatable bonds is 6. The number of aliphatic imine (C=N–C) groups is 1. The van der Waals surface area contributed by atoms with Crippen LogP contribution in [-0.2, 0) is 9.09 Å². The van der Waals surface area contributed by atoms with Crippen LogP contribution in [0.25, 0.3) is 11.6 Å². The molecular formula is C20H15Cl2FN3O6P. The Morgan fingerprint density at radius 3 is 2.58 bits per heavy atom. The minimum Gasteiger partial charge on any atom is -0.493 e. The van der Waals surface area contributed by atoms with E-state index in [1.165, 1.54) is 42.6 Å². The third-order valence-corrected chi connectivity index (χ3v) is 5.94. The van der Waals surface area contributed by atoms with E-state index in [9.17, 15) is 18.9 Å². The highest BCUT2D eigenvalue weighted by Crippen LogP contribution is 2.40. The smallest absolute Gasteiger partial charge is 0.469 e. The first kappa shape index (κ1) is 23.4. The van der Waals surface area contributed by atoms with Gasteiger partial charge in [0.25, 0.3) is 0 Å². The highest BCUT2D eigenvalue weighted by atomic mass is 35.5. The summed E-state index contributed by atoms with van der Waals surface area (Å²) >= 11 is 11.7. The number of H-pyrrole nitrogens is 1. The molecule has 1 unspecified atom stereocenters. The molecule has 3 aromatic rings. The molecule has 1 aliphatic rings. The quantitative estimate of drug-likeness (QED) is 0.363. The highest BCUT2D eigenvalue weighted by Gasteiger charge is 2.27. The number of phosphoric acid groups is 1. The van der Waals surface area contributed by atoms with Crippen molar-refractivity contribution in [1.82, 2.24) is 9.55 Å². The van der Waals surface area contributed by atoms with Gasteiger partial charge in [-0.25, -0.2) is 13.8 Å². The number of nitrogens with one attached hydrogen (secondary N) is 1. The minimum absolute atomic E-state index is 0.0280. The van der Waals surface area contributed by atoms with Crippen molar-refractivity contribution in [2.24, 2.45) is 4.99 Å². The lowest BCUT2D eigenvalue weighted by atomic mass is 10.1. The lowest BCUT2D eigenvalue weighted by Crippen LogP contribution is -2.26. The maximum absolute atomic E-state index is 14.2. The lowest BCUT2D eigenvalue weighted by Gasteiger charge is -2.19. The summed E-state index contributed by atoms with van der Waals surface area (Å²) in [5, 5.41) is 11.1. The zero-order valence-electron chi connectivity index (χ0n) is 16.4. The number of allylic oxidation sites excluding steroid dienone is 1. The molecule has 4 N–H and O–H groups in total. The Morgan fingerprint density at radius 1 is 1.21 bits per heavy atom. The van der Waals surface area contributed by atoms with Gasteiger partial charge in [0.15, 0.2) is 5.82 Å². The van der Waals surface area contributed by atoms with Crippen LogP contribution < -0.4 is 5.69 Å². The van der Waals surface area contributed by atoms with Gasteiger partial charge in [0, 0.05) is 22.4 Å². The number of aromatic amines is 1. The second-order valence-corrected chi connectivity index (χ2v) is 9.09. The first-order chi connectivity index (χ1) is 15.5. The molecule has 0 saturated heterocycles. The number of imidazole rings is 1. The highest BCUT2D eigenvalue weighted by molar-refractivity contribution is 7.46. The molecule has 0 spiro atoms. The average Bonchev–Trinajstić information content (AvgIpc) is 3.27. The summed E-state index contributed by atoms with van der Waals surface area (Å²) in [5.41, 5.74) is 0.436. The fraction of sp³-hybridized carbons (Fsp3) is 0.100. The Balaban J connectivity index is 1.77. The van der Waals surface area contributed by atoms with Crippen molar-refractivity contribution in [3.63, 3.8) is 0 Å². The molecule has 33 heavy (non-hydrogen) atoms. The van der Waals surface area contributed by atoms with Gasteiger partial charge in [-0.1, -0.05) is 41.4 Å². The molecule has 9 nitrogen and oxygen atoms in total. The molecule has 0 saturated carbocycles. The predicted octanol–water partition coefficient (Wildman–Crippen LogP) is 4.28. The van der Waals surface area contributed by atoms with Crippen LogP contribution in [0.2, 0.25) is 10.0 Å². The van der Waals surface area contributed by atoms with E-state index >= 15 is 0 Å². The summed E-state index contributed by atoms with van der Waals surface area (Å²) in [6.45, 7) is -0.624. The van der Waals surface area contributed by atoms with Crippen molar-refractivity contribution in [3.05, 3.63) is 79.6 Å². The number of halogens is 3. The molecule has 0 amide bonds. The monoisotopic (exact) mass is 513 g/mol. The Kier molecular flexibility index (Phi) is 6.32. The van der Waals surface area contributed by atoms with Crippen LogP contribution in [-0.4, -0.2) is 37.3 Å². The number of hydrogen-bond donors (Lipinski definition) is 4. The van der Waals surface area contributed by atoms with Gasteiger partial charge in [-0.15, -0.1) is 0 Å². The number of phosphoric ester groups is 1. The molecule has 0 bridgehead atoms. The van der Waals surface area contributed by atoms with Gasteiger partial charge < -0.3 is 19.9 Å². The number of benzene rings is 2. The second-order valence-electron chi connectivity index (χ2n) is 7.01. The molecular weight excluding hydrogens is 499 g/mol. The molecule has 2 aromatic carbocycles. The van der Waals surface area contributed by atoms with Crippen LogP contribution in [0.15, 0.2) is 46.2 Å². The first-order valence-corrected chi connectivity index (χ1v) is 11.6. The van der Waals surface area contributed by atoms with Gasteiger partial charge >= 0.3 is 13.5 Å². The lowest BCUT2D eigenvalue weighted by molar-refractivity contribution is 0.175. The molecule has 1 atom stereocenters. The molecule has 13 heteroatoms. The van der Waals surface area contributed by atoms with Crippen molar-refractivity contribution >= 4 is 54.6 Å². The third kappa shape index (κ3) is 4.81. The van der Waals surface area contributed by atoms with Crippen LogP contribution in [0.4, 0.5) is 10.1 Å². The van der Waals surface area contributed by atoms with Crippen LogP contribution in [0.1, 0.15) is 22.9 Å². The summed E-state index contributed by atoms with van der Waals surface area (Å²) < 4.78 is 31.0. The van der Waals surface area contributed by atoms with Gasteiger partial charge in [-0.2, -0.15) is 0 Å². The van der Waals surface area contributed by atoms with Gasteiger partial charge in [0.1, 0.15) is 11.4 Å². The number of aromatic nitrogens is 2. The topological polar surface area (TPSA) is 137 Å². The normalized spacial score (nSPS) is 15.2. The first-order valence-electron chi connectivity index (χ1n) is 9.28. The zero-order chi connectivity index (χ0) is 23.9. The van der Waals surface area contributed by atoms with Crippen molar-refractivity contribution in [1.29, 1.82) is 0 Å². The predicted molar refractivity (Wildman–Crippen MR) is 122 cm³/mol. The minimum atomic E-state index is -4.87. The maximum Gasteiger partial charge on any atom is 0.469 e. The Labute approximate surface area is 195 Å². The van der Waals surface area contributed by atoms with E-state index in [0.29, 0.717) is 21.7 Å². The molecule has 4 rings (SSSR count). The van der Waals surface area contributed by atoms with Crippen LogP contribution >= 0.6 is 31.0 Å². The summed E-state index contributed by atoms with van der Waals surface area (Å²) in [4.78, 5) is 37.4. The molecule has 0 aliphatic carbocycles. The van der Waals surface area contributed by atoms with E-state index in [-0.39, 0.29) is 16.4 Å². The van der Waals surface area contributed by atoms with E-state index in [1.807, 2.05) is 0 Å². The summed E-state index contributed by atoms with van der Waals surface area (Å²) in [7, 11) is -4.87. The van der Waals surface area contributed by atoms with Gasteiger partial charge in [-0.05, 0) is 29.8 Å². The van der Waals surface area contributed by atoms with E-state index in [0.717, 1.165) is 4.57 Å². The average molecular weight is 514 g/mol. The summed E-state index contributed by atoms with van der Waals surface area (Å²) in [5.74, 6) is -1.22. The number of nitrogens with zero attached hydrogens (tertiary/aromatic N) is 2. The fourth-order valence-corrected chi connectivity index (χ4v) is 4.01. The van der Waals surface area contributed by atoms with Crippen molar-refractivity contribution in [2.75, 3.05) is 6.61 Å². The molecule has 172 valence electrons. The molecule has 0 radical (unpaired) electrons. The second kappa shape index (κ2) is 8.90. The Morgan fingerprint density at radius 2 is 1.91 bits per heavy atom. The SMILES string of the molecule is O=c1[nH]c(C=C2C=Nc3c2ccc(Cl)c3F)c(O)n1C(COP(=O)(O)O)c1ccc(Cl)cc1. The van der Waals surface area contributed by atoms with Crippen molar-refractivity contribution in [2.45, 2.75) is 6.04 Å². The van der Waals surface area contributed by atoms with E-state index < -0.39 is 37.9 Å². The largest absolute Gasteiger partial charge is 0.493 e. The number of hydrogen-bond acceptors (Lipinski definition) is 5. The Bertz CT molecular complexity index is 1390. The van der Waals surface area contributed by atoms with Gasteiger partial charge in [0.05, 0.1) is 17.7 Å². The van der Waals surface area contributed by atoms with E-state index in [2.05, 4.69) is 14.5 Å². The maximum atomic E-state index is 14.2. The van der Waals surface area contributed by atoms with E-state index in [1.54, 1.807) is 6.07 Å². The van der Waals surface area contributed by atoms with E-state index in [4.69, 9.17) is 33.0 Å². The van der Waals surface area contributed by atoms with Crippen LogP contribution in [0.5, 0.6) is 5.88 Å². The summed E-state index contributed by atoms with van der Waals surface area (Å²) in [6.07, 6.45) is 2.74. The number of fused-ring (bicyclic) bond motifs is 1. The fourth-order valence-electron chi connectivity index (χ4n) is 3.39. The van der Waals surface area contributed by atoms with Crippen LogP contribution in [0, 0.1) is 5.82 Å². The molecule has 2 heterocycles. The van der Waals surface area contributed by atoms with Gasteiger partial charge in [-0.3, -0.25) is 14.1 Å².